The highest BCUT2D eigenvalue weighted by Gasteiger charge is 2.03. The van der Waals surface area contributed by atoms with Gasteiger partial charge in [-0.15, -0.1) is 11.6 Å². The van der Waals surface area contributed by atoms with Crippen molar-refractivity contribution in [1.29, 1.82) is 0 Å². The lowest BCUT2D eigenvalue weighted by atomic mass is 10.3. The minimum Gasteiger partial charge on any atom is -0.493 e. The zero-order valence-corrected chi connectivity index (χ0v) is 8.58. The quantitative estimate of drug-likeness (QED) is 0.696. The van der Waals surface area contributed by atoms with Crippen LogP contribution in [0.1, 0.15) is 12.1 Å². The van der Waals surface area contributed by atoms with Gasteiger partial charge in [-0.3, -0.25) is 4.68 Å². The maximum Gasteiger partial charge on any atom is 0.164 e. The Labute approximate surface area is 83.0 Å². The smallest absolute Gasteiger partial charge is 0.164 e. The van der Waals surface area contributed by atoms with Crippen molar-refractivity contribution in [2.75, 3.05) is 13.0 Å². The first-order chi connectivity index (χ1) is 6.29. The van der Waals surface area contributed by atoms with Crippen molar-refractivity contribution in [3.05, 3.63) is 18.0 Å². The molecule has 3 nitrogen and oxygen atoms in total. The third kappa shape index (κ3) is 2.49. The molecule has 1 aromatic rings. The normalized spacial score (nSPS) is 11.0. The summed E-state index contributed by atoms with van der Waals surface area (Å²) in [6.07, 6.45) is 6.52. The Morgan fingerprint density at radius 1 is 1.69 bits per heavy atom. The molecular formula is C9H13ClN2O. The number of alkyl halides is 1. The van der Waals surface area contributed by atoms with E-state index in [4.69, 9.17) is 16.3 Å². The van der Waals surface area contributed by atoms with Crippen LogP contribution < -0.4 is 4.74 Å². The molecule has 0 aliphatic rings. The highest BCUT2D eigenvalue weighted by atomic mass is 35.5. The van der Waals surface area contributed by atoms with Gasteiger partial charge in [0, 0.05) is 12.9 Å². The zero-order valence-electron chi connectivity index (χ0n) is 7.83. The Bertz CT molecular complexity index is 294. The number of methoxy groups -OCH3 is 1. The highest BCUT2D eigenvalue weighted by Crippen LogP contribution is 2.17. The van der Waals surface area contributed by atoms with Crippen LogP contribution in [0.2, 0.25) is 0 Å². The van der Waals surface area contributed by atoms with Crippen LogP contribution in [0.25, 0.3) is 6.08 Å². The number of ether oxygens (including phenoxy) is 1. The molecule has 0 radical (unpaired) electrons. The summed E-state index contributed by atoms with van der Waals surface area (Å²) in [7, 11) is 3.51. The van der Waals surface area contributed by atoms with Gasteiger partial charge in [0.25, 0.3) is 0 Å². The fraction of sp³-hybridized carbons (Fsp3) is 0.444. The van der Waals surface area contributed by atoms with Gasteiger partial charge in [0.15, 0.2) is 5.75 Å². The third-order valence-corrected chi connectivity index (χ3v) is 1.94. The van der Waals surface area contributed by atoms with Gasteiger partial charge in [0.2, 0.25) is 0 Å². The summed E-state index contributed by atoms with van der Waals surface area (Å²) < 4.78 is 6.90. The fourth-order valence-corrected chi connectivity index (χ4v) is 1.16. The van der Waals surface area contributed by atoms with Gasteiger partial charge < -0.3 is 4.74 Å². The van der Waals surface area contributed by atoms with Gasteiger partial charge >= 0.3 is 0 Å². The van der Waals surface area contributed by atoms with E-state index in [1.807, 2.05) is 19.2 Å². The summed E-state index contributed by atoms with van der Waals surface area (Å²) in [4.78, 5) is 0. The van der Waals surface area contributed by atoms with Crippen molar-refractivity contribution >= 4 is 17.7 Å². The van der Waals surface area contributed by atoms with Gasteiger partial charge in [-0.25, -0.2) is 0 Å². The number of hydrogen-bond acceptors (Lipinski definition) is 2. The second-order valence-electron chi connectivity index (χ2n) is 2.60. The van der Waals surface area contributed by atoms with E-state index >= 15 is 0 Å². The summed E-state index contributed by atoms with van der Waals surface area (Å²) >= 11 is 5.55. The SMILES string of the molecule is COc1cnn(C)c1/C=C/CCCl. The molecule has 0 N–H and O–H groups in total. The molecule has 0 unspecified atom stereocenters. The van der Waals surface area contributed by atoms with Crippen molar-refractivity contribution in [3.8, 4) is 5.75 Å². The third-order valence-electron chi connectivity index (χ3n) is 1.72. The number of rotatable bonds is 4. The molecule has 1 rings (SSSR count). The van der Waals surface area contributed by atoms with E-state index in [2.05, 4.69) is 5.10 Å². The molecule has 0 aliphatic heterocycles. The first kappa shape index (κ1) is 10.1. The lowest BCUT2D eigenvalue weighted by Gasteiger charge is -1.98. The number of aromatic nitrogens is 2. The fourth-order valence-electron chi connectivity index (χ4n) is 1.03. The molecule has 1 heterocycles. The second-order valence-corrected chi connectivity index (χ2v) is 2.98. The van der Waals surface area contributed by atoms with Gasteiger partial charge in [-0.1, -0.05) is 6.08 Å². The number of allylic oxidation sites excluding steroid dienone is 1. The molecule has 0 saturated carbocycles. The van der Waals surface area contributed by atoms with E-state index in [0.29, 0.717) is 5.88 Å². The van der Waals surface area contributed by atoms with E-state index in [0.717, 1.165) is 17.9 Å². The number of hydrogen-bond donors (Lipinski definition) is 0. The van der Waals surface area contributed by atoms with Crippen molar-refractivity contribution in [1.82, 2.24) is 9.78 Å². The van der Waals surface area contributed by atoms with Gasteiger partial charge in [0.05, 0.1) is 13.3 Å². The maximum absolute atomic E-state index is 5.55. The summed E-state index contributed by atoms with van der Waals surface area (Å²) in [5, 5.41) is 4.07. The molecule has 13 heavy (non-hydrogen) atoms. The van der Waals surface area contributed by atoms with Crippen LogP contribution in [-0.2, 0) is 7.05 Å². The number of halogens is 1. The van der Waals surface area contributed by atoms with E-state index in [1.54, 1.807) is 18.0 Å². The summed E-state index contributed by atoms with van der Waals surface area (Å²) in [5.74, 6) is 1.42. The van der Waals surface area contributed by atoms with E-state index in [9.17, 15) is 0 Å². The van der Waals surface area contributed by atoms with E-state index in [-0.39, 0.29) is 0 Å². The minimum absolute atomic E-state index is 0.636. The second kappa shape index (κ2) is 4.92. The molecule has 0 aromatic carbocycles. The topological polar surface area (TPSA) is 27.1 Å². The van der Waals surface area contributed by atoms with Crippen LogP contribution >= 0.6 is 11.6 Å². The highest BCUT2D eigenvalue weighted by molar-refractivity contribution is 6.17. The molecule has 72 valence electrons. The van der Waals surface area contributed by atoms with Crippen LogP contribution in [0.3, 0.4) is 0 Å². The van der Waals surface area contributed by atoms with Gasteiger partial charge in [-0.2, -0.15) is 5.10 Å². The largest absolute Gasteiger partial charge is 0.493 e. The molecule has 0 saturated heterocycles. The first-order valence-electron chi connectivity index (χ1n) is 4.08. The Kier molecular flexibility index (Phi) is 3.83. The van der Waals surface area contributed by atoms with Crippen LogP contribution in [0, 0.1) is 0 Å². The van der Waals surface area contributed by atoms with Crippen LogP contribution in [0.4, 0.5) is 0 Å². The predicted molar refractivity (Wildman–Crippen MR) is 54.1 cm³/mol. The lowest BCUT2D eigenvalue weighted by Crippen LogP contribution is -1.93. The zero-order chi connectivity index (χ0) is 9.68. The van der Waals surface area contributed by atoms with Gasteiger partial charge in [0.1, 0.15) is 5.69 Å². The lowest BCUT2D eigenvalue weighted by molar-refractivity contribution is 0.413. The Morgan fingerprint density at radius 3 is 3.08 bits per heavy atom. The number of aryl methyl sites for hydroxylation is 1. The summed E-state index contributed by atoms with van der Waals surface area (Å²) in [6, 6.07) is 0. The molecule has 0 fully saturated rings. The minimum atomic E-state index is 0.636. The average molecular weight is 201 g/mol. The molecule has 0 amide bonds. The molecular weight excluding hydrogens is 188 g/mol. The van der Waals surface area contributed by atoms with Gasteiger partial charge in [-0.05, 0) is 12.5 Å². The molecule has 1 aromatic heterocycles. The van der Waals surface area contributed by atoms with Crippen molar-refractivity contribution in [2.24, 2.45) is 7.05 Å². The van der Waals surface area contributed by atoms with Crippen molar-refractivity contribution < 1.29 is 4.74 Å². The van der Waals surface area contributed by atoms with Crippen molar-refractivity contribution in [3.63, 3.8) is 0 Å². The van der Waals surface area contributed by atoms with E-state index < -0.39 is 0 Å². The molecule has 0 spiro atoms. The summed E-state index contributed by atoms with van der Waals surface area (Å²) in [5.41, 5.74) is 0.965. The van der Waals surface area contributed by atoms with Crippen molar-refractivity contribution in [2.45, 2.75) is 6.42 Å². The monoisotopic (exact) mass is 200 g/mol. The molecule has 0 aliphatic carbocycles. The average Bonchev–Trinajstić information content (AvgIpc) is 2.48. The molecule has 4 heteroatoms. The standard InChI is InChI=1S/C9H13ClN2O/c1-12-8(5-3-4-6-10)9(13-2)7-11-12/h3,5,7H,4,6H2,1-2H3/b5-3+. The predicted octanol–water partition coefficient (Wildman–Crippen LogP) is 2.07. The first-order valence-corrected chi connectivity index (χ1v) is 4.61. The maximum atomic E-state index is 5.55. The molecule has 0 bridgehead atoms. The Morgan fingerprint density at radius 2 is 2.46 bits per heavy atom. The van der Waals surface area contributed by atoms with Crippen LogP contribution in [0.5, 0.6) is 5.75 Å². The Balaban J connectivity index is 2.79. The number of nitrogens with zero attached hydrogens (tertiary/aromatic N) is 2. The van der Waals surface area contributed by atoms with E-state index in [1.165, 1.54) is 0 Å². The summed E-state index contributed by atoms with van der Waals surface area (Å²) in [6.45, 7) is 0. The van der Waals surface area contributed by atoms with Crippen LogP contribution in [-0.4, -0.2) is 22.8 Å². The molecule has 0 atom stereocenters. The van der Waals surface area contributed by atoms with Crippen LogP contribution in [0.15, 0.2) is 12.3 Å². The Hall–Kier alpha value is -0.960.